The highest BCUT2D eigenvalue weighted by Crippen LogP contribution is 2.17. The van der Waals surface area contributed by atoms with Crippen molar-refractivity contribution in [1.29, 1.82) is 5.26 Å². The predicted molar refractivity (Wildman–Crippen MR) is 71.2 cm³/mol. The van der Waals surface area contributed by atoms with Crippen LogP contribution in [0.3, 0.4) is 0 Å². The van der Waals surface area contributed by atoms with E-state index in [9.17, 15) is 9.59 Å². The Labute approximate surface area is 113 Å². The van der Waals surface area contributed by atoms with Gasteiger partial charge in [-0.25, -0.2) is 4.98 Å². The molecule has 94 valence electrons. The number of anilines is 1. The topological polar surface area (TPSA) is 82.9 Å². The van der Waals surface area contributed by atoms with Gasteiger partial charge in [-0.1, -0.05) is 0 Å². The van der Waals surface area contributed by atoms with Gasteiger partial charge in [0.1, 0.15) is 5.82 Å². The third kappa shape index (κ3) is 3.03. The highest BCUT2D eigenvalue weighted by atomic mass is 32.1. The fourth-order valence-electron chi connectivity index (χ4n) is 1.39. The van der Waals surface area contributed by atoms with Crippen LogP contribution in [0.25, 0.3) is 0 Å². The quantitative estimate of drug-likeness (QED) is 0.869. The summed E-state index contributed by atoms with van der Waals surface area (Å²) < 4.78 is 0. The van der Waals surface area contributed by atoms with Crippen LogP contribution in [0.5, 0.6) is 0 Å². The second-order valence-corrected chi connectivity index (χ2v) is 4.66. The van der Waals surface area contributed by atoms with Crippen LogP contribution in [0, 0.1) is 11.3 Å². The van der Waals surface area contributed by atoms with Crippen LogP contribution in [-0.4, -0.2) is 16.7 Å². The summed E-state index contributed by atoms with van der Waals surface area (Å²) in [6.07, 6.45) is 1.45. The number of amides is 1. The average Bonchev–Trinajstić information content (AvgIpc) is 2.89. The molecule has 0 saturated carbocycles. The van der Waals surface area contributed by atoms with Gasteiger partial charge in [-0.15, -0.1) is 11.3 Å². The number of carbonyl (C=O) groups is 2. The maximum absolute atomic E-state index is 11.9. The van der Waals surface area contributed by atoms with Gasteiger partial charge in [0.15, 0.2) is 5.78 Å². The standard InChI is InChI=1S/C13H9N3O2S/c1-8(17)10-5-11(19-7-10)13(18)16-12-4-9(6-14)2-3-15-12/h2-5,7H,1H3,(H,15,16,18). The van der Waals surface area contributed by atoms with E-state index >= 15 is 0 Å². The monoisotopic (exact) mass is 271 g/mol. The van der Waals surface area contributed by atoms with Crippen molar-refractivity contribution in [2.45, 2.75) is 6.92 Å². The van der Waals surface area contributed by atoms with Gasteiger partial charge >= 0.3 is 0 Å². The zero-order valence-corrected chi connectivity index (χ0v) is 10.8. The minimum absolute atomic E-state index is 0.0834. The molecule has 0 saturated heterocycles. The summed E-state index contributed by atoms with van der Waals surface area (Å²) in [6, 6.07) is 6.54. The normalized spacial score (nSPS) is 9.68. The molecule has 5 nitrogen and oxygen atoms in total. The maximum atomic E-state index is 11.9. The van der Waals surface area contributed by atoms with Crippen LogP contribution in [0.15, 0.2) is 29.8 Å². The van der Waals surface area contributed by atoms with E-state index in [0.29, 0.717) is 21.8 Å². The molecule has 0 aliphatic rings. The van der Waals surface area contributed by atoms with Gasteiger partial charge in [0.25, 0.3) is 5.91 Å². The molecule has 2 heterocycles. The Balaban J connectivity index is 2.16. The molecule has 0 atom stereocenters. The van der Waals surface area contributed by atoms with Crippen LogP contribution >= 0.6 is 11.3 Å². The van der Waals surface area contributed by atoms with Crippen molar-refractivity contribution in [3.05, 3.63) is 45.8 Å². The Bertz CT molecular complexity index is 685. The molecule has 19 heavy (non-hydrogen) atoms. The van der Waals surface area contributed by atoms with Crippen LogP contribution in [0.1, 0.15) is 32.5 Å². The number of carbonyl (C=O) groups excluding carboxylic acids is 2. The molecular formula is C13H9N3O2S. The van der Waals surface area contributed by atoms with E-state index < -0.39 is 0 Å². The molecule has 6 heteroatoms. The first-order valence-electron chi connectivity index (χ1n) is 5.37. The molecule has 2 aromatic heterocycles. The first-order valence-corrected chi connectivity index (χ1v) is 6.25. The number of nitriles is 1. The molecule has 0 spiro atoms. The Morgan fingerprint density at radius 1 is 1.42 bits per heavy atom. The predicted octanol–water partition coefficient (Wildman–Crippen LogP) is 2.47. The molecular weight excluding hydrogens is 262 g/mol. The molecule has 0 aromatic carbocycles. The molecule has 1 N–H and O–H groups in total. The molecule has 2 aromatic rings. The molecule has 0 aliphatic carbocycles. The van der Waals surface area contributed by atoms with Crippen molar-refractivity contribution in [2.75, 3.05) is 5.32 Å². The van der Waals surface area contributed by atoms with Gasteiger partial charge in [-0.05, 0) is 25.1 Å². The van der Waals surface area contributed by atoms with E-state index in [1.807, 2.05) is 6.07 Å². The number of ketones is 1. The number of rotatable bonds is 3. The number of Topliss-reactive ketones (excluding diaryl/α,β-unsaturated/α-hetero) is 1. The van der Waals surface area contributed by atoms with E-state index in [-0.39, 0.29) is 11.7 Å². The van der Waals surface area contributed by atoms with Crippen molar-refractivity contribution >= 4 is 28.8 Å². The van der Waals surface area contributed by atoms with Crippen molar-refractivity contribution in [3.8, 4) is 6.07 Å². The molecule has 0 bridgehead atoms. The van der Waals surface area contributed by atoms with Crippen LogP contribution in [0.4, 0.5) is 5.82 Å². The Hall–Kier alpha value is -2.52. The average molecular weight is 271 g/mol. The Morgan fingerprint density at radius 2 is 2.21 bits per heavy atom. The molecule has 0 fully saturated rings. The molecule has 1 amide bonds. The summed E-state index contributed by atoms with van der Waals surface area (Å²) in [5, 5.41) is 13.0. The van der Waals surface area contributed by atoms with Crippen molar-refractivity contribution in [1.82, 2.24) is 4.98 Å². The van der Waals surface area contributed by atoms with Gasteiger partial charge in [-0.2, -0.15) is 5.26 Å². The van der Waals surface area contributed by atoms with E-state index in [4.69, 9.17) is 5.26 Å². The minimum Gasteiger partial charge on any atom is -0.306 e. The first-order chi connectivity index (χ1) is 9.10. The number of hydrogen-bond acceptors (Lipinski definition) is 5. The van der Waals surface area contributed by atoms with Gasteiger partial charge in [0.2, 0.25) is 0 Å². The minimum atomic E-state index is -0.347. The first kappa shape index (κ1) is 12.9. The lowest BCUT2D eigenvalue weighted by Gasteiger charge is -2.02. The van der Waals surface area contributed by atoms with Crippen LogP contribution < -0.4 is 5.32 Å². The highest BCUT2D eigenvalue weighted by molar-refractivity contribution is 7.12. The lowest BCUT2D eigenvalue weighted by atomic mass is 10.2. The van der Waals surface area contributed by atoms with Gasteiger partial charge < -0.3 is 5.32 Å². The van der Waals surface area contributed by atoms with E-state index in [1.165, 1.54) is 36.6 Å². The number of nitrogens with zero attached hydrogens (tertiary/aromatic N) is 2. The largest absolute Gasteiger partial charge is 0.306 e. The SMILES string of the molecule is CC(=O)c1csc(C(=O)Nc2cc(C#N)ccn2)c1. The summed E-state index contributed by atoms with van der Waals surface area (Å²) in [4.78, 5) is 27.4. The number of pyridine rings is 1. The zero-order chi connectivity index (χ0) is 13.8. The van der Waals surface area contributed by atoms with Gasteiger partial charge in [0.05, 0.1) is 16.5 Å². The second kappa shape index (κ2) is 5.42. The molecule has 0 radical (unpaired) electrons. The zero-order valence-electron chi connectivity index (χ0n) is 10.0. The number of nitrogens with one attached hydrogen (secondary N) is 1. The fourth-order valence-corrected chi connectivity index (χ4v) is 2.23. The second-order valence-electron chi connectivity index (χ2n) is 3.75. The summed E-state index contributed by atoms with van der Waals surface area (Å²) in [7, 11) is 0. The molecule has 0 unspecified atom stereocenters. The maximum Gasteiger partial charge on any atom is 0.266 e. The van der Waals surface area contributed by atoms with Crippen molar-refractivity contribution in [3.63, 3.8) is 0 Å². The smallest absolute Gasteiger partial charge is 0.266 e. The van der Waals surface area contributed by atoms with E-state index in [0.717, 1.165) is 0 Å². The summed E-state index contributed by atoms with van der Waals surface area (Å²) in [5.74, 6) is -0.123. The third-order valence-electron chi connectivity index (χ3n) is 2.36. The van der Waals surface area contributed by atoms with Crippen molar-refractivity contribution in [2.24, 2.45) is 0 Å². The highest BCUT2D eigenvalue weighted by Gasteiger charge is 2.12. The summed E-state index contributed by atoms with van der Waals surface area (Å²) >= 11 is 1.19. The molecule has 2 rings (SSSR count). The van der Waals surface area contributed by atoms with E-state index in [2.05, 4.69) is 10.3 Å². The van der Waals surface area contributed by atoms with Crippen molar-refractivity contribution < 1.29 is 9.59 Å². The van der Waals surface area contributed by atoms with E-state index in [1.54, 1.807) is 11.4 Å². The number of thiophene rings is 1. The van der Waals surface area contributed by atoms with Gasteiger partial charge in [-0.3, -0.25) is 9.59 Å². The Kier molecular flexibility index (Phi) is 3.68. The van der Waals surface area contributed by atoms with Crippen LogP contribution in [0.2, 0.25) is 0 Å². The lowest BCUT2D eigenvalue weighted by Crippen LogP contribution is -2.11. The Morgan fingerprint density at radius 3 is 2.84 bits per heavy atom. The van der Waals surface area contributed by atoms with Gasteiger partial charge in [0, 0.05) is 17.1 Å². The summed E-state index contributed by atoms with van der Waals surface area (Å²) in [5.41, 5.74) is 0.926. The molecule has 0 aliphatic heterocycles. The van der Waals surface area contributed by atoms with Crippen LogP contribution in [-0.2, 0) is 0 Å². The lowest BCUT2D eigenvalue weighted by molar-refractivity contribution is 0.101. The third-order valence-corrected chi connectivity index (χ3v) is 3.29. The fraction of sp³-hybridized carbons (Fsp3) is 0.0769. The number of hydrogen-bond donors (Lipinski definition) is 1. The number of aromatic nitrogens is 1. The summed E-state index contributed by atoms with van der Waals surface area (Å²) in [6.45, 7) is 1.45.